The van der Waals surface area contributed by atoms with Gasteiger partial charge in [-0.05, 0) is 48.0 Å². The standard InChI is InChI=1S/C18H14ClF3N2O3/c19-15-7-1-11(9-14(15)18(20,21)22)2-8-17(26)24-12-3-5-13(6-4-12)27-10-16(23)25/h1-9H,10H2,(H2,23,25)(H,24,26)/b8-2+. The van der Waals surface area contributed by atoms with Crippen molar-refractivity contribution in [2.45, 2.75) is 6.18 Å². The number of carbonyl (C=O) groups is 2. The maximum atomic E-state index is 12.8. The number of anilines is 1. The summed E-state index contributed by atoms with van der Waals surface area (Å²) in [5.41, 5.74) is 4.60. The summed E-state index contributed by atoms with van der Waals surface area (Å²) >= 11 is 5.54. The van der Waals surface area contributed by atoms with Crippen LogP contribution >= 0.6 is 11.6 Å². The third-order valence-electron chi connectivity index (χ3n) is 3.23. The van der Waals surface area contributed by atoms with Crippen molar-refractivity contribution in [2.24, 2.45) is 5.73 Å². The van der Waals surface area contributed by atoms with Crippen molar-refractivity contribution in [3.05, 3.63) is 64.7 Å². The first-order chi connectivity index (χ1) is 12.6. The number of primary amides is 1. The van der Waals surface area contributed by atoms with Gasteiger partial charge in [0.2, 0.25) is 5.91 Å². The first-order valence-corrected chi connectivity index (χ1v) is 7.90. The molecule has 0 aliphatic carbocycles. The number of carbonyl (C=O) groups excluding carboxylic acids is 2. The maximum absolute atomic E-state index is 12.8. The minimum absolute atomic E-state index is 0.178. The van der Waals surface area contributed by atoms with E-state index in [2.05, 4.69) is 5.32 Å². The Morgan fingerprint density at radius 1 is 1.15 bits per heavy atom. The summed E-state index contributed by atoms with van der Waals surface area (Å²) in [6, 6.07) is 9.46. The van der Waals surface area contributed by atoms with Crippen LogP contribution in [0.1, 0.15) is 11.1 Å². The fourth-order valence-electron chi connectivity index (χ4n) is 2.01. The van der Waals surface area contributed by atoms with Crippen LogP contribution in [0.15, 0.2) is 48.5 Å². The van der Waals surface area contributed by atoms with Gasteiger partial charge in [-0.1, -0.05) is 17.7 Å². The van der Waals surface area contributed by atoms with Crippen LogP contribution in [0, 0.1) is 0 Å². The number of hydrogen-bond acceptors (Lipinski definition) is 3. The van der Waals surface area contributed by atoms with Crippen molar-refractivity contribution < 1.29 is 27.5 Å². The lowest BCUT2D eigenvalue weighted by atomic mass is 10.1. The molecule has 3 N–H and O–H groups in total. The molecule has 0 fully saturated rings. The molecule has 0 aliphatic heterocycles. The molecule has 0 heterocycles. The second-order valence-corrected chi connectivity index (χ2v) is 5.75. The van der Waals surface area contributed by atoms with Crippen molar-refractivity contribution >= 4 is 35.2 Å². The molecule has 0 saturated carbocycles. The second-order valence-electron chi connectivity index (χ2n) is 5.34. The van der Waals surface area contributed by atoms with Crippen molar-refractivity contribution in [1.29, 1.82) is 0 Å². The molecule has 9 heteroatoms. The third kappa shape index (κ3) is 6.34. The average molecular weight is 399 g/mol. The van der Waals surface area contributed by atoms with E-state index in [-0.39, 0.29) is 12.2 Å². The Labute approximate surface area is 157 Å². The molecule has 0 radical (unpaired) electrons. The van der Waals surface area contributed by atoms with E-state index in [1.807, 2.05) is 0 Å². The molecule has 0 unspecified atom stereocenters. The van der Waals surface area contributed by atoms with Gasteiger partial charge >= 0.3 is 6.18 Å². The van der Waals surface area contributed by atoms with Gasteiger partial charge in [0.1, 0.15) is 5.75 Å². The van der Waals surface area contributed by atoms with Crippen LogP contribution in [-0.4, -0.2) is 18.4 Å². The Morgan fingerprint density at radius 3 is 2.41 bits per heavy atom. The van der Waals surface area contributed by atoms with Gasteiger partial charge in [-0.15, -0.1) is 0 Å². The summed E-state index contributed by atoms with van der Waals surface area (Å²) in [5, 5.41) is 2.13. The highest BCUT2D eigenvalue weighted by molar-refractivity contribution is 6.31. The number of ether oxygens (including phenoxy) is 1. The fraction of sp³-hybridized carbons (Fsp3) is 0.111. The molecule has 0 spiro atoms. The van der Waals surface area contributed by atoms with Crippen LogP contribution in [0.2, 0.25) is 5.02 Å². The molecular formula is C18H14ClF3N2O3. The lowest BCUT2D eigenvalue weighted by Crippen LogP contribution is -2.20. The molecule has 0 atom stereocenters. The van der Waals surface area contributed by atoms with Gasteiger partial charge in [0.05, 0.1) is 10.6 Å². The maximum Gasteiger partial charge on any atom is 0.417 e. The van der Waals surface area contributed by atoms with Crippen LogP contribution in [-0.2, 0) is 15.8 Å². The molecule has 5 nitrogen and oxygen atoms in total. The topological polar surface area (TPSA) is 81.4 Å². The van der Waals surface area contributed by atoms with Gasteiger partial charge in [-0.2, -0.15) is 13.2 Å². The molecular weight excluding hydrogens is 385 g/mol. The van der Waals surface area contributed by atoms with Crippen LogP contribution in [0.25, 0.3) is 6.08 Å². The summed E-state index contributed by atoms with van der Waals surface area (Å²) in [6.45, 7) is -0.268. The van der Waals surface area contributed by atoms with E-state index in [4.69, 9.17) is 22.1 Å². The van der Waals surface area contributed by atoms with Gasteiger partial charge in [-0.3, -0.25) is 9.59 Å². The van der Waals surface area contributed by atoms with Gasteiger partial charge in [-0.25, -0.2) is 0 Å². The smallest absolute Gasteiger partial charge is 0.417 e. The van der Waals surface area contributed by atoms with E-state index in [1.54, 1.807) is 0 Å². The Morgan fingerprint density at radius 2 is 1.81 bits per heavy atom. The third-order valence-corrected chi connectivity index (χ3v) is 3.56. The predicted molar refractivity (Wildman–Crippen MR) is 95.2 cm³/mol. The van der Waals surface area contributed by atoms with E-state index in [1.165, 1.54) is 36.4 Å². The first-order valence-electron chi connectivity index (χ1n) is 7.52. The molecule has 2 aromatic carbocycles. The Bertz CT molecular complexity index is 865. The Hall–Kier alpha value is -3.00. The van der Waals surface area contributed by atoms with E-state index in [9.17, 15) is 22.8 Å². The van der Waals surface area contributed by atoms with Crippen molar-refractivity contribution in [3.63, 3.8) is 0 Å². The first kappa shape index (κ1) is 20.3. The number of benzene rings is 2. The summed E-state index contributed by atoms with van der Waals surface area (Å²) in [6.07, 6.45) is -2.24. The molecule has 2 amide bonds. The van der Waals surface area contributed by atoms with Crippen LogP contribution < -0.4 is 15.8 Å². The largest absolute Gasteiger partial charge is 0.484 e. The molecule has 0 bridgehead atoms. The minimum atomic E-state index is -4.58. The molecule has 27 heavy (non-hydrogen) atoms. The lowest BCUT2D eigenvalue weighted by Gasteiger charge is -2.09. The summed E-state index contributed by atoms with van der Waals surface area (Å²) in [7, 11) is 0. The van der Waals surface area contributed by atoms with Crippen LogP contribution in [0.4, 0.5) is 18.9 Å². The van der Waals surface area contributed by atoms with Crippen molar-refractivity contribution in [3.8, 4) is 5.75 Å². The number of hydrogen-bond donors (Lipinski definition) is 2. The van der Waals surface area contributed by atoms with Crippen LogP contribution in [0.3, 0.4) is 0 Å². The fourth-order valence-corrected chi connectivity index (χ4v) is 2.23. The number of alkyl halides is 3. The lowest BCUT2D eigenvalue weighted by molar-refractivity contribution is -0.137. The highest BCUT2D eigenvalue weighted by Crippen LogP contribution is 2.35. The quantitative estimate of drug-likeness (QED) is 0.725. The zero-order valence-electron chi connectivity index (χ0n) is 13.7. The van der Waals surface area contributed by atoms with E-state index in [0.717, 1.165) is 18.2 Å². The highest BCUT2D eigenvalue weighted by Gasteiger charge is 2.33. The predicted octanol–water partition coefficient (Wildman–Crippen LogP) is 3.87. The van der Waals surface area contributed by atoms with Gasteiger partial charge in [0.25, 0.3) is 5.91 Å². The SMILES string of the molecule is NC(=O)COc1ccc(NC(=O)/C=C/c2ccc(Cl)c(C(F)(F)F)c2)cc1. The summed E-state index contributed by atoms with van der Waals surface area (Å²) < 4.78 is 43.5. The van der Waals surface area contributed by atoms with E-state index < -0.39 is 28.6 Å². The Balaban J connectivity index is 2.00. The zero-order valence-corrected chi connectivity index (χ0v) is 14.5. The number of rotatable bonds is 6. The minimum Gasteiger partial charge on any atom is -0.484 e. The number of nitrogens with one attached hydrogen (secondary N) is 1. The van der Waals surface area contributed by atoms with Gasteiger partial charge < -0.3 is 15.8 Å². The van der Waals surface area contributed by atoms with Crippen molar-refractivity contribution in [1.82, 2.24) is 0 Å². The summed E-state index contributed by atoms with van der Waals surface area (Å²) in [4.78, 5) is 22.5. The molecule has 0 saturated heterocycles. The monoisotopic (exact) mass is 398 g/mol. The van der Waals surface area contributed by atoms with Gasteiger partial charge in [0.15, 0.2) is 6.61 Å². The highest BCUT2D eigenvalue weighted by atomic mass is 35.5. The molecule has 2 aromatic rings. The van der Waals surface area contributed by atoms with Gasteiger partial charge in [0, 0.05) is 11.8 Å². The normalized spacial score (nSPS) is 11.4. The molecule has 142 valence electrons. The number of nitrogens with two attached hydrogens (primary N) is 1. The van der Waals surface area contributed by atoms with Crippen LogP contribution in [0.5, 0.6) is 5.75 Å². The summed E-state index contributed by atoms with van der Waals surface area (Å²) in [5.74, 6) is -0.763. The van der Waals surface area contributed by atoms with E-state index >= 15 is 0 Å². The molecule has 0 aromatic heterocycles. The molecule has 2 rings (SSSR count). The zero-order chi connectivity index (χ0) is 20.0. The van der Waals surface area contributed by atoms with Crippen molar-refractivity contribution in [2.75, 3.05) is 11.9 Å². The number of halogens is 4. The Kier molecular flexibility index (Phi) is 6.46. The average Bonchev–Trinajstić information content (AvgIpc) is 2.59. The second kappa shape index (κ2) is 8.59. The van der Waals surface area contributed by atoms with E-state index in [0.29, 0.717) is 11.4 Å². The molecule has 0 aliphatic rings. The number of amides is 2.